The summed E-state index contributed by atoms with van der Waals surface area (Å²) in [5.74, 6) is 1.47. The Bertz CT molecular complexity index is 619. The molecule has 0 spiro atoms. The minimum Gasteiger partial charge on any atom is -0.493 e. The van der Waals surface area contributed by atoms with E-state index >= 15 is 0 Å². The van der Waals surface area contributed by atoms with E-state index < -0.39 is 0 Å². The molecule has 0 aliphatic heterocycles. The average molecular weight is 336 g/mol. The first kappa shape index (κ1) is 17.6. The molecule has 4 nitrogen and oxygen atoms in total. The number of nitrogens with one attached hydrogen (secondary N) is 1. The van der Waals surface area contributed by atoms with Crippen LogP contribution in [-0.4, -0.2) is 27.4 Å². The Balaban J connectivity index is 2.08. The van der Waals surface area contributed by atoms with E-state index in [9.17, 15) is 0 Å². The highest BCUT2D eigenvalue weighted by Crippen LogP contribution is 2.32. The summed E-state index contributed by atoms with van der Waals surface area (Å²) in [6.07, 6.45) is 0. The van der Waals surface area contributed by atoms with E-state index in [1.165, 1.54) is 0 Å². The molecule has 0 aromatic heterocycles. The van der Waals surface area contributed by atoms with Crippen LogP contribution in [0.15, 0.2) is 42.5 Å². The lowest BCUT2D eigenvalue weighted by Crippen LogP contribution is -2.19. The Morgan fingerprint density at radius 3 is 2.65 bits per heavy atom. The van der Waals surface area contributed by atoms with Crippen molar-refractivity contribution in [2.75, 3.05) is 27.4 Å². The zero-order chi connectivity index (χ0) is 16.5. The molecule has 0 bridgehead atoms. The molecule has 0 amide bonds. The van der Waals surface area contributed by atoms with Gasteiger partial charge in [0.15, 0.2) is 11.5 Å². The van der Waals surface area contributed by atoms with Crippen molar-refractivity contribution in [2.45, 2.75) is 13.2 Å². The van der Waals surface area contributed by atoms with Crippen molar-refractivity contribution in [2.24, 2.45) is 0 Å². The quantitative estimate of drug-likeness (QED) is 0.710. The van der Waals surface area contributed by atoms with Crippen molar-refractivity contribution < 1.29 is 14.2 Å². The molecule has 2 aromatic rings. The molecule has 0 aliphatic carbocycles. The zero-order valence-electron chi connectivity index (χ0n) is 13.5. The molecule has 23 heavy (non-hydrogen) atoms. The van der Waals surface area contributed by atoms with Crippen LogP contribution in [0.3, 0.4) is 0 Å². The van der Waals surface area contributed by atoms with Crippen LogP contribution in [0.25, 0.3) is 0 Å². The third-order valence-corrected chi connectivity index (χ3v) is 3.59. The SMILES string of the molecule is COCCNCc1cccc(OC)c1OCc1cccc(Cl)c1. The van der Waals surface area contributed by atoms with Crippen LogP contribution in [0.4, 0.5) is 0 Å². The predicted octanol–water partition coefficient (Wildman–Crippen LogP) is 3.66. The normalized spacial score (nSPS) is 10.6. The van der Waals surface area contributed by atoms with E-state index in [4.69, 9.17) is 25.8 Å². The standard InChI is InChI=1S/C18H22ClNO3/c1-21-10-9-20-12-15-6-4-8-17(22-2)18(15)23-13-14-5-3-7-16(19)11-14/h3-8,11,20H,9-10,12-13H2,1-2H3. The Hall–Kier alpha value is -1.75. The van der Waals surface area contributed by atoms with Gasteiger partial charge in [-0.2, -0.15) is 0 Å². The van der Waals surface area contributed by atoms with Gasteiger partial charge in [-0.1, -0.05) is 35.9 Å². The van der Waals surface area contributed by atoms with E-state index in [-0.39, 0.29) is 0 Å². The molecule has 0 unspecified atom stereocenters. The molecule has 0 radical (unpaired) electrons. The maximum atomic E-state index is 6.01. The molecule has 0 aliphatic rings. The van der Waals surface area contributed by atoms with E-state index in [1.54, 1.807) is 14.2 Å². The van der Waals surface area contributed by atoms with Crippen molar-refractivity contribution in [3.63, 3.8) is 0 Å². The van der Waals surface area contributed by atoms with Gasteiger partial charge in [0.2, 0.25) is 0 Å². The van der Waals surface area contributed by atoms with Crippen molar-refractivity contribution in [3.8, 4) is 11.5 Å². The van der Waals surface area contributed by atoms with Crippen LogP contribution in [-0.2, 0) is 17.9 Å². The van der Waals surface area contributed by atoms with Gasteiger partial charge < -0.3 is 19.5 Å². The number of benzene rings is 2. The van der Waals surface area contributed by atoms with Crippen LogP contribution in [0.5, 0.6) is 11.5 Å². The number of halogens is 1. The molecule has 2 rings (SSSR count). The Labute approximate surface area is 142 Å². The van der Waals surface area contributed by atoms with E-state index in [0.717, 1.165) is 29.2 Å². The Kier molecular flexibility index (Phi) is 7.20. The van der Waals surface area contributed by atoms with Gasteiger partial charge in [0.1, 0.15) is 6.61 Å². The second-order valence-corrected chi connectivity index (χ2v) is 5.47. The van der Waals surface area contributed by atoms with Crippen molar-refractivity contribution in [1.82, 2.24) is 5.32 Å². The molecule has 0 atom stereocenters. The largest absolute Gasteiger partial charge is 0.493 e. The monoisotopic (exact) mass is 335 g/mol. The number of rotatable bonds is 9. The second kappa shape index (κ2) is 9.40. The zero-order valence-corrected chi connectivity index (χ0v) is 14.2. The number of hydrogen-bond donors (Lipinski definition) is 1. The lowest BCUT2D eigenvalue weighted by atomic mass is 10.1. The fourth-order valence-electron chi connectivity index (χ4n) is 2.20. The summed E-state index contributed by atoms with van der Waals surface area (Å²) in [5, 5.41) is 4.02. The predicted molar refractivity (Wildman–Crippen MR) is 92.4 cm³/mol. The fourth-order valence-corrected chi connectivity index (χ4v) is 2.42. The topological polar surface area (TPSA) is 39.7 Å². The summed E-state index contributed by atoms with van der Waals surface area (Å²) in [5.41, 5.74) is 2.06. The number of methoxy groups -OCH3 is 2. The molecule has 0 saturated heterocycles. The van der Waals surface area contributed by atoms with Gasteiger partial charge in [-0.3, -0.25) is 0 Å². The highest BCUT2D eigenvalue weighted by Gasteiger charge is 2.10. The van der Waals surface area contributed by atoms with Crippen LogP contribution in [0.1, 0.15) is 11.1 Å². The van der Waals surface area contributed by atoms with Crippen molar-refractivity contribution >= 4 is 11.6 Å². The molecule has 1 N–H and O–H groups in total. The first-order valence-electron chi connectivity index (χ1n) is 7.47. The average Bonchev–Trinajstić information content (AvgIpc) is 2.57. The lowest BCUT2D eigenvalue weighted by Gasteiger charge is -2.15. The summed E-state index contributed by atoms with van der Waals surface area (Å²) in [4.78, 5) is 0. The van der Waals surface area contributed by atoms with E-state index in [2.05, 4.69) is 5.32 Å². The maximum Gasteiger partial charge on any atom is 0.166 e. The van der Waals surface area contributed by atoms with E-state index in [0.29, 0.717) is 24.8 Å². The van der Waals surface area contributed by atoms with E-state index in [1.807, 2.05) is 42.5 Å². The van der Waals surface area contributed by atoms with Gasteiger partial charge in [-0.15, -0.1) is 0 Å². The minimum absolute atomic E-state index is 0.437. The molecular weight excluding hydrogens is 314 g/mol. The Morgan fingerprint density at radius 2 is 1.91 bits per heavy atom. The molecule has 5 heteroatoms. The summed E-state index contributed by atoms with van der Waals surface area (Å²) < 4.78 is 16.5. The van der Waals surface area contributed by atoms with Crippen LogP contribution < -0.4 is 14.8 Å². The van der Waals surface area contributed by atoms with Gasteiger partial charge in [-0.05, 0) is 23.8 Å². The maximum absolute atomic E-state index is 6.01. The molecule has 2 aromatic carbocycles. The number of para-hydroxylation sites is 1. The Morgan fingerprint density at radius 1 is 1.09 bits per heavy atom. The lowest BCUT2D eigenvalue weighted by molar-refractivity contribution is 0.199. The van der Waals surface area contributed by atoms with Gasteiger partial charge in [-0.25, -0.2) is 0 Å². The second-order valence-electron chi connectivity index (χ2n) is 5.04. The van der Waals surface area contributed by atoms with Crippen LogP contribution >= 0.6 is 11.6 Å². The van der Waals surface area contributed by atoms with Gasteiger partial charge >= 0.3 is 0 Å². The third kappa shape index (κ3) is 5.43. The van der Waals surface area contributed by atoms with Crippen LogP contribution in [0, 0.1) is 0 Å². The molecule has 0 heterocycles. The van der Waals surface area contributed by atoms with Crippen LogP contribution in [0.2, 0.25) is 5.02 Å². The third-order valence-electron chi connectivity index (χ3n) is 3.35. The smallest absolute Gasteiger partial charge is 0.166 e. The minimum atomic E-state index is 0.437. The highest BCUT2D eigenvalue weighted by atomic mass is 35.5. The summed E-state index contributed by atoms with van der Waals surface area (Å²) in [6, 6.07) is 13.5. The van der Waals surface area contributed by atoms with Gasteiger partial charge in [0.25, 0.3) is 0 Å². The molecule has 0 saturated carbocycles. The number of hydrogen-bond acceptors (Lipinski definition) is 4. The first-order valence-corrected chi connectivity index (χ1v) is 7.85. The van der Waals surface area contributed by atoms with Gasteiger partial charge in [0.05, 0.1) is 13.7 Å². The fraction of sp³-hybridized carbons (Fsp3) is 0.333. The van der Waals surface area contributed by atoms with Crippen molar-refractivity contribution in [1.29, 1.82) is 0 Å². The summed E-state index contributed by atoms with van der Waals surface area (Å²) in [7, 11) is 3.33. The highest BCUT2D eigenvalue weighted by molar-refractivity contribution is 6.30. The molecule has 0 fully saturated rings. The summed E-state index contributed by atoms with van der Waals surface area (Å²) in [6.45, 7) is 2.57. The molecule has 124 valence electrons. The molecular formula is C18H22ClNO3. The first-order chi connectivity index (χ1) is 11.2. The summed E-state index contributed by atoms with van der Waals surface area (Å²) >= 11 is 6.01. The van der Waals surface area contributed by atoms with Gasteiger partial charge in [0, 0.05) is 30.8 Å². The van der Waals surface area contributed by atoms with Crippen molar-refractivity contribution in [3.05, 3.63) is 58.6 Å². The number of ether oxygens (including phenoxy) is 3.